The summed E-state index contributed by atoms with van der Waals surface area (Å²) in [5.41, 5.74) is 0. The molecule has 0 aliphatic carbocycles. The Bertz CT molecular complexity index is 803. The van der Waals surface area contributed by atoms with Crippen LogP contribution in [0.3, 0.4) is 0 Å². The predicted octanol–water partition coefficient (Wildman–Crippen LogP) is 9.41. The first kappa shape index (κ1) is 53.3. The Hall–Kier alpha value is -2.02. The number of unbranched alkanes of at least 4 members (excludes halogenated alkanes) is 22. The molecular formula is C42H74O8Zn. The monoisotopic (exact) mass is 770 g/mol. The summed E-state index contributed by atoms with van der Waals surface area (Å²) in [5.74, 6) is -3.60. The molecule has 292 valence electrons. The average Bonchev–Trinajstić information content (AvgIpc) is 3.08. The molecule has 0 rings (SSSR count). The standard InChI is InChI=1S/2C21H38O4.Zn/c2*1-3-4-5-6-7-8-9-10-11-12-13-14-15-16-17-18-20(22)25-19(2)21(23)24;/h2*10-11,19H,3-9,12-18H2,1-2H3,(H,23,24);/q;;+2/p-2/b2*11-10-;. The fourth-order valence-corrected chi connectivity index (χ4v) is 5.29. The maximum Gasteiger partial charge on any atom is 2.00 e. The number of carbonyl (C=O) groups excluding carboxylic acids is 4. The van der Waals surface area contributed by atoms with Crippen LogP contribution in [0.25, 0.3) is 0 Å². The first-order valence-electron chi connectivity index (χ1n) is 20.3. The van der Waals surface area contributed by atoms with Crippen molar-refractivity contribution in [3.8, 4) is 0 Å². The van der Waals surface area contributed by atoms with Crippen molar-refractivity contribution < 1.29 is 58.3 Å². The van der Waals surface area contributed by atoms with Crippen LogP contribution in [0.1, 0.15) is 207 Å². The van der Waals surface area contributed by atoms with Crippen LogP contribution in [0.4, 0.5) is 0 Å². The van der Waals surface area contributed by atoms with Crippen LogP contribution in [0.2, 0.25) is 0 Å². The van der Waals surface area contributed by atoms with E-state index in [2.05, 4.69) is 38.2 Å². The van der Waals surface area contributed by atoms with Gasteiger partial charge in [-0.1, -0.05) is 141 Å². The molecule has 51 heavy (non-hydrogen) atoms. The van der Waals surface area contributed by atoms with Crippen LogP contribution in [0.5, 0.6) is 0 Å². The molecule has 0 aliphatic heterocycles. The van der Waals surface area contributed by atoms with Crippen LogP contribution < -0.4 is 10.2 Å². The maximum absolute atomic E-state index is 11.4. The normalized spacial score (nSPS) is 12.2. The Kier molecular flexibility index (Phi) is 44.3. The molecule has 0 saturated carbocycles. The zero-order chi connectivity index (χ0) is 37.5. The minimum absolute atomic E-state index is 0. The van der Waals surface area contributed by atoms with Crippen molar-refractivity contribution in [1.29, 1.82) is 0 Å². The van der Waals surface area contributed by atoms with Crippen LogP contribution in [0, 0.1) is 0 Å². The maximum atomic E-state index is 11.4. The number of hydrogen-bond donors (Lipinski definition) is 0. The minimum atomic E-state index is -1.35. The molecule has 0 spiro atoms. The number of carbonyl (C=O) groups is 4. The number of ether oxygens (including phenoxy) is 2. The van der Waals surface area contributed by atoms with Crippen LogP contribution in [-0.4, -0.2) is 36.1 Å². The number of esters is 2. The van der Waals surface area contributed by atoms with Crippen molar-refractivity contribution in [2.45, 2.75) is 220 Å². The number of carboxylic acid groups (broad SMARTS) is 2. The fourth-order valence-electron chi connectivity index (χ4n) is 5.29. The second kappa shape index (κ2) is 42.4. The molecule has 0 radical (unpaired) electrons. The van der Waals surface area contributed by atoms with E-state index in [0.717, 1.165) is 51.4 Å². The molecule has 2 atom stereocenters. The Morgan fingerprint density at radius 1 is 0.431 bits per heavy atom. The zero-order valence-electron chi connectivity index (χ0n) is 33.2. The molecule has 0 amide bonds. The Balaban J connectivity index is -0.000000886. The largest absolute Gasteiger partial charge is 2.00 e. The molecule has 0 heterocycles. The smallest absolute Gasteiger partial charge is 0.546 e. The van der Waals surface area contributed by atoms with E-state index in [1.54, 1.807) is 0 Å². The summed E-state index contributed by atoms with van der Waals surface area (Å²) in [6.45, 7) is 7.12. The second-order valence-corrected chi connectivity index (χ2v) is 13.6. The SMILES string of the molecule is CCCCCCCC/C=C\CCCCCCCC(=O)OC(C)C(=O)[O-].CCCCCCCC/C=C\CCCCCCCC(=O)OC(C)C(=O)[O-].[Zn+2]. The van der Waals surface area contributed by atoms with Crippen molar-refractivity contribution >= 4 is 23.9 Å². The van der Waals surface area contributed by atoms with E-state index in [-0.39, 0.29) is 32.3 Å². The van der Waals surface area contributed by atoms with Gasteiger partial charge < -0.3 is 29.3 Å². The van der Waals surface area contributed by atoms with Gasteiger partial charge in [0, 0.05) is 12.8 Å². The third-order valence-corrected chi connectivity index (χ3v) is 8.57. The minimum Gasteiger partial charge on any atom is -0.546 e. The van der Waals surface area contributed by atoms with Gasteiger partial charge in [-0.15, -0.1) is 0 Å². The molecule has 0 aromatic heterocycles. The summed E-state index contributed by atoms with van der Waals surface area (Å²) in [7, 11) is 0. The van der Waals surface area contributed by atoms with Gasteiger partial charge in [0.1, 0.15) is 12.2 Å². The molecule has 0 bridgehead atoms. The quantitative estimate of drug-likeness (QED) is 0.0274. The van der Waals surface area contributed by atoms with E-state index in [0.29, 0.717) is 0 Å². The summed E-state index contributed by atoms with van der Waals surface area (Å²) < 4.78 is 9.44. The van der Waals surface area contributed by atoms with E-state index in [1.807, 2.05) is 0 Å². The molecule has 8 nitrogen and oxygen atoms in total. The first-order valence-corrected chi connectivity index (χ1v) is 20.3. The van der Waals surface area contributed by atoms with Crippen LogP contribution in [0.15, 0.2) is 24.3 Å². The van der Waals surface area contributed by atoms with Gasteiger partial charge in [-0.3, -0.25) is 9.59 Å². The van der Waals surface area contributed by atoms with E-state index in [4.69, 9.17) is 9.47 Å². The van der Waals surface area contributed by atoms with Gasteiger partial charge in [-0.2, -0.15) is 0 Å². The fraction of sp³-hybridized carbons (Fsp3) is 0.810. The molecule has 0 fully saturated rings. The van der Waals surface area contributed by atoms with Gasteiger partial charge in [-0.05, 0) is 78.1 Å². The van der Waals surface area contributed by atoms with Crippen molar-refractivity contribution in [3.05, 3.63) is 24.3 Å². The van der Waals surface area contributed by atoms with Gasteiger partial charge >= 0.3 is 31.4 Å². The van der Waals surface area contributed by atoms with Crippen molar-refractivity contribution in [2.75, 3.05) is 0 Å². The molecule has 0 aromatic rings. The second-order valence-electron chi connectivity index (χ2n) is 13.6. The Labute approximate surface area is 325 Å². The van der Waals surface area contributed by atoms with Gasteiger partial charge in [0.25, 0.3) is 0 Å². The molecule has 0 aromatic carbocycles. The average molecular weight is 772 g/mol. The number of hydrogen-bond acceptors (Lipinski definition) is 8. The number of allylic oxidation sites excluding steroid dienone is 4. The van der Waals surface area contributed by atoms with Gasteiger partial charge in [0.05, 0.1) is 11.9 Å². The summed E-state index contributed by atoms with van der Waals surface area (Å²) in [6, 6.07) is 0. The van der Waals surface area contributed by atoms with Gasteiger partial charge in [-0.25, -0.2) is 0 Å². The van der Waals surface area contributed by atoms with Crippen molar-refractivity contribution in [2.24, 2.45) is 0 Å². The summed E-state index contributed by atoms with van der Waals surface area (Å²) >= 11 is 0. The van der Waals surface area contributed by atoms with Crippen LogP contribution >= 0.6 is 0 Å². The molecule has 9 heteroatoms. The van der Waals surface area contributed by atoms with E-state index in [9.17, 15) is 29.4 Å². The molecule has 0 aliphatic rings. The van der Waals surface area contributed by atoms with E-state index >= 15 is 0 Å². The van der Waals surface area contributed by atoms with Crippen LogP contribution in [-0.2, 0) is 48.1 Å². The summed E-state index contributed by atoms with van der Waals surface area (Å²) in [5, 5.41) is 20.9. The molecule has 0 N–H and O–H groups in total. The van der Waals surface area contributed by atoms with E-state index in [1.165, 1.54) is 129 Å². The molecular weight excluding hydrogens is 698 g/mol. The summed E-state index contributed by atoms with van der Waals surface area (Å²) in [6.07, 6.45) is 38.8. The third kappa shape index (κ3) is 44.1. The third-order valence-electron chi connectivity index (χ3n) is 8.57. The van der Waals surface area contributed by atoms with E-state index < -0.39 is 36.1 Å². The molecule has 2 unspecified atom stereocenters. The number of aliphatic carboxylic acids is 2. The number of rotatable bonds is 34. The Morgan fingerprint density at radius 2 is 0.667 bits per heavy atom. The Morgan fingerprint density at radius 3 is 0.922 bits per heavy atom. The van der Waals surface area contributed by atoms with Crippen molar-refractivity contribution in [3.63, 3.8) is 0 Å². The van der Waals surface area contributed by atoms with Crippen molar-refractivity contribution in [1.82, 2.24) is 0 Å². The van der Waals surface area contributed by atoms with Gasteiger partial charge in [0.15, 0.2) is 0 Å². The number of carboxylic acids is 2. The topological polar surface area (TPSA) is 133 Å². The first-order chi connectivity index (χ1) is 24.1. The predicted molar refractivity (Wildman–Crippen MR) is 200 cm³/mol. The zero-order valence-corrected chi connectivity index (χ0v) is 36.2. The van der Waals surface area contributed by atoms with Gasteiger partial charge in [0.2, 0.25) is 0 Å². The molecule has 0 saturated heterocycles. The summed E-state index contributed by atoms with van der Waals surface area (Å²) in [4.78, 5) is 43.6.